The van der Waals surface area contributed by atoms with E-state index in [0.717, 1.165) is 19.2 Å². The second-order valence-corrected chi connectivity index (χ2v) is 7.30. The summed E-state index contributed by atoms with van der Waals surface area (Å²) in [6.07, 6.45) is 3.47. The zero-order chi connectivity index (χ0) is 16.9. The lowest BCUT2D eigenvalue weighted by atomic mass is 9.99. The van der Waals surface area contributed by atoms with Gasteiger partial charge < -0.3 is 5.32 Å². The van der Waals surface area contributed by atoms with Crippen LogP contribution in [0, 0.1) is 3.57 Å². The van der Waals surface area contributed by atoms with Crippen molar-refractivity contribution in [3.63, 3.8) is 0 Å². The molecule has 3 nitrogen and oxygen atoms in total. The number of nitrogens with zero attached hydrogens (tertiary/aromatic N) is 1. The molecular formula is C19H14BrIN2O. The highest BCUT2D eigenvalue weighted by molar-refractivity contribution is 14.1. The molecule has 0 aliphatic heterocycles. The van der Waals surface area contributed by atoms with Crippen LogP contribution in [0.25, 0.3) is 0 Å². The van der Waals surface area contributed by atoms with Gasteiger partial charge in [0.05, 0.1) is 11.6 Å². The first-order chi connectivity index (χ1) is 11.6. The van der Waals surface area contributed by atoms with Crippen molar-refractivity contribution in [2.75, 3.05) is 0 Å². The van der Waals surface area contributed by atoms with Crippen molar-refractivity contribution >= 4 is 44.4 Å². The Bertz CT molecular complexity index is 801. The van der Waals surface area contributed by atoms with E-state index >= 15 is 0 Å². The lowest BCUT2D eigenvalue weighted by molar-refractivity contribution is 0.0942. The Hall–Kier alpha value is -1.73. The Kier molecular flexibility index (Phi) is 5.63. The molecular weight excluding hydrogens is 479 g/mol. The molecule has 1 unspecified atom stereocenters. The average molecular weight is 493 g/mol. The minimum atomic E-state index is -0.225. The summed E-state index contributed by atoms with van der Waals surface area (Å²) in [6, 6.07) is 19.2. The van der Waals surface area contributed by atoms with Crippen LogP contribution in [0.2, 0.25) is 0 Å². The van der Waals surface area contributed by atoms with Crippen molar-refractivity contribution in [3.8, 4) is 0 Å². The minimum Gasteiger partial charge on any atom is -0.341 e. The van der Waals surface area contributed by atoms with Gasteiger partial charge in [-0.2, -0.15) is 0 Å². The molecule has 0 saturated carbocycles. The van der Waals surface area contributed by atoms with Crippen LogP contribution in [0.5, 0.6) is 0 Å². The molecule has 2 aromatic carbocycles. The van der Waals surface area contributed by atoms with E-state index in [4.69, 9.17) is 0 Å². The second kappa shape index (κ2) is 7.90. The van der Waals surface area contributed by atoms with Crippen molar-refractivity contribution in [2.45, 2.75) is 6.04 Å². The van der Waals surface area contributed by atoms with Crippen LogP contribution < -0.4 is 5.32 Å². The fourth-order valence-electron chi connectivity index (χ4n) is 2.44. The molecule has 0 aliphatic carbocycles. The van der Waals surface area contributed by atoms with E-state index < -0.39 is 0 Å². The number of pyridine rings is 1. The first-order valence-electron chi connectivity index (χ1n) is 7.36. The van der Waals surface area contributed by atoms with E-state index in [1.165, 1.54) is 0 Å². The fraction of sp³-hybridized carbons (Fsp3) is 0.0526. The molecule has 0 aliphatic rings. The van der Waals surface area contributed by atoms with Gasteiger partial charge in [-0.1, -0.05) is 46.3 Å². The highest BCUT2D eigenvalue weighted by Crippen LogP contribution is 2.24. The number of benzene rings is 2. The fourth-order valence-corrected chi connectivity index (χ4v) is 3.38. The second-order valence-electron chi connectivity index (χ2n) is 5.22. The van der Waals surface area contributed by atoms with Gasteiger partial charge in [0.1, 0.15) is 0 Å². The summed E-state index contributed by atoms with van der Waals surface area (Å²) < 4.78 is 1.79. The third-order valence-electron chi connectivity index (χ3n) is 3.62. The molecule has 24 heavy (non-hydrogen) atoms. The van der Waals surface area contributed by atoms with Gasteiger partial charge >= 0.3 is 0 Å². The zero-order valence-electron chi connectivity index (χ0n) is 12.6. The topological polar surface area (TPSA) is 42.0 Å². The van der Waals surface area contributed by atoms with Crippen LogP contribution in [-0.2, 0) is 0 Å². The van der Waals surface area contributed by atoms with Gasteiger partial charge in [0.25, 0.3) is 5.91 Å². The van der Waals surface area contributed by atoms with Gasteiger partial charge in [-0.05, 0) is 64.0 Å². The number of hydrogen-bond donors (Lipinski definition) is 1. The van der Waals surface area contributed by atoms with E-state index in [0.29, 0.717) is 5.56 Å². The van der Waals surface area contributed by atoms with Crippen LogP contribution in [-0.4, -0.2) is 10.9 Å². The quantitative estimate of drug-likeness (QED) is 0.522. The van der Waals surface area contributed by atoms with Crippen LogP contribution in [0.4, 0.5) is 0 Å². The summed E-state index contributed by atoms with van der Waals surface area (Å²) >= 11 is 5.61. The molecule has 1 heterocycles. The summed E-state index contributed by atoms with van der Waals surface area (Å²) in [5, 5.41) is 3.14. The first kappa shape index (κ1) is 17.1. The Morgan fingerprint density at radius 2 is 1.67 bits per heavy atom. The zero-order valence-corrected chi connectivity index (χ0v) is 16.4. The summed E-state index contributed by atoms with van der Waals surface area (Å²) in [5.41, 5.74) is 2.68. The van der Waals surface area contributed by atoms with Crippen LogP contribution >= 0.6 is 38.5 Å². The molecule has 3 aromatic rings. The van der Waals surface area contributed by atoms with Gasteiger partial charge in [-0.3, -0.25) is 9.78 Å². The number of halogens is 2. The molecule has 1 aromatic heterocycles. The Morgan fingerprint density at radius 3 is 2.38 bits per heavy atom. The normalized spacial score (nSPS) is 11.8. The average Bonchev–Trinajstić information content (AvgIpc) is 2.63. The first-order valence-corrected chi connectivity index (χ1v) is 9.23. The third kappa shape index (κ3) is 4.02. The van der Waals surface area contributed by atoms with Crippen molar-refractivity contribution in [1.29, 1.82) is 0 Å². The highest BCUT2D eigenvalue weighted by atomic mass is 127. The monoisotopic (exact) mass is 492 g/mol. The molecule has 0 radical (unpaired) electrons. The summed E-state index contributed by atoms with van der Waals surface area (Å²) in [6.45, 7) is 0. The molecule has 0 fully saturated rings. The van der Waals surface area contributed by atoms with Gasteiger partial charge in [-0.15, -0.1) is 0 Å². The molecule has 0 saturated heterocycles. The lowest BCUT2D eigenvalue weighted by Crippen LogP contribution is -2.30. The van der Waals surface area contributed by atoms with Crippen molar-refractivity contribution in [1.82, 2.24) is 10.3 Å². The highest BCUT2D eigenvalue weighted by Gasteiger charge is 2.19. The summed E-state index contributed by atoms with van der Waals surface area (Å²) in [4.78, 5) is 16.9. The number of amides is 1. The maximum absolute atomic E-state index is 12.8. The SMILES string of the molecule is O=C(NC(c1ccccc1)c1ccncc1)c1cc(Br)ccc1I. The molecule has 3 rings (SSSR count). The number of nitrogens with one attached hydrogen (secondary N) is 1. The van der Waals surface area contributed by atoms with Crippen LogP contribution in [0.3, 0.4) is 0 Å². The van der Waals surface area contributed by atoms with E-state index in [1.807, 2.05) is 60.7 Å². The van der Waals surface area contributed by atoms with Crippen molar-refractivity contribution in [2.24, 2.45) is 0 Å². The lowest BCUT2D eigenvalue weighted by Gasteiger charge is -2.20. The number of hydrogen-bond acceptors (Lipinski definition) is 2. The summed E-state index contributed by atoms with van der Waals surface area (Å²) in [7, 11) is 0. The molecule has 0 spiro atoms. The standard InChI is InChI=1S/C19H14BrIN2O/c20-15-6-7-17(21)16(12-15)19(24)23-18(13-4-2-1-3-5-13)14-8-10-22-11-9-14/h1-12,18H,(H,23,24). The molecule has 5 heteroatoms. The number of aromatic nitrogens is 1. The predicted octanol–water partition coefficient (Wildman–Crippen LogP) is 4.97. The maximum Gasteiger partial charge on any atom is 0.253 e. The molecule has 0 bridgehead atoms. The van der Waals surface area contributed by atoms with Crippen LogP contribution in [0.15, 0.2) is 77.5 Å². The summed E-state index contributed by atoms with van der Waals surface area (Å²) in [5.74, 6) is -0.105. The minimum absolute atomic E-state index is 0.105. The molecule has 1 N–H and O–H groups in total. The van der Waals surface area contributed by atoms with Gasteiger partial charge in [-0.25, -0.2) is 0 Å². The van der Waals surface area contributed by atoms with E-state index in [1.54, 1.807) is 12.4 Å². The Labute approximate surface area is 162 Å². The van der Waals surface area contributed by atoms with Crippen molar-refractivity contribution in [3.05, 3.63) is 97.8 Å². The maximum atomic E-state index is 12.8. The number of carbonyl (C=O) groups excluding carboxylic acids is 1. The van der Waals surface area contributed by atoms with E-state index in [-0.39, 0.29) is 11.9 Å². The number of rotatable bonds is 4. The van der Waals surface area contributed by atoms with Gasteiger partial charge in [0, 0.05) is 20.4 Å². The smallest absolute Gasteiger partial charge is 0.253 e. The Morgan fingerprint density at radius 1 is 1.00 bits per heavy atom. The van der Waals surface area contributed by atoms with E-state index in [9.17, 15) is 4.79 Å². The van der Waals surface area contributed by atoms with Crippen LogP contribution in [0.1, 0.15) is 27.5 Å². The van der Waals surface area contributed by atoms with Gasteiger partial charge in [0.15, 0.2) is 0 Å². The van der Waals surface area contributed by atoms with Crippen molar-refractivity contribution < 1.29 is 4.79 Å². The van der Waals surface area contributed by atoms with Gasteiger partial charge in [0.2, 0.25) is 0 Å². The van der Waals surface area contributed by atoms with E-state index in [2.05, 4.69) is 48.8 Å². The largest absolute Gasteiger partial charge is 0.341 e. The molecule has 120 valence electrons. The number of carbonyl (C=O) groups is 1. The predicted molar refractivity (Wildman–Crippen MR) is 107 cm³/mol. The Balaban J connectivity index is 1.95. The molecule has 1 atom stereocenters. The third-order valence-corrected chi connectivity index (χ3v) is 5.05. The molecule has 1 amide bonds.